The number of aryl methyl sites for hydroxylation is 2. The van der Waals surface area contributed by atoms with E-state index in [1.165, 1.54) is 0 Å². The van der Waals surface area contributed by atoms with E-state index in [1.807, 2.05) is 20.9 Å². The third kappa shape index (κ3) is 5.13. The molecule has 0 saturated heterocycles. The van der Waals surface area contributed by atoms with Crippen LogP contribution in [0.4, 0.5) is 0 Å². The van der Waals surface area contributed by atoms with E-state index in [-0.39, 0.29) is 0 Å². The lowest BCUT2D eigenvalue weighted by atomic mass is 9.93. The van der Waals surface area contributed by atoms with Gasteiger partial charge in [-0.2, -0.15) is 5.10 Å². The van der Waals surface area contributed by atoms with Crippen LogP contribution in [0.3, 0.4) is 0 Å². The van der Waals surface area contributed by atoms with Gasteiger partial charge in [0, 0.05) is 19.0 Å². The van der Waals surface area contributed by atoms with Crippen LogP contribution in [0.15, 0.2) is 0 Å². The number of halogens is 1. The fraction of sp³-hybridized carbons (Fsp3) is 0.786. The molecule has 4 nitrogen and oxygen atoms in total. The fourth-order valence-corrected chi connectivity index (χ4v) is 2.33. The Balaban J connectivity index is 2.54. The summed E-state index contributed by atoms with van der Waals surface area (Å²) in [7, 11) is 1.82. The van der Waals surface area contributed by atoms with Gasteiger partial charge in [-0.25, -0.2) is 0 Å². The van der Waals surface area contributed by atoms with Gasteiger partial charge in [0.05, 0.1) is 11.3 Å². The van der Waals surface area contributed by atoms with Crippen LogP contribution in [0.5, 0.6) is 0 Å². The molecule has 5 heteroatoms. The summed E-state index contributed by atoms with van der Waals surface area (Å²) in [5, 5.41) is 18.7. The second-order valence-electron chi connectivity index (χ2n) is 6.00. The molecule has 2 N–H and O–H groups in total. The third-order valence-electron chi connectivity index (χ3n) is 3.22. The first-order chi connectivity index (χ1) is 8.73. The normalized spacial score (nSPS) is 14.9. The van der Waals surface area contributed by atoms with Crippen LogP contribution >= 0.6 is 11.6 Å². The first-order valence-electron chi connectivity index (χ1n) is 6.84. The second-order valence-corrected chi connectivity index (χ2v) is 6.36. The van der Waals surface area contributed by atoms with Crippen molar-refractivity contribution in [1.82, 2.24) is 15.1 Å². The number of hydrogen-bond donors (Lipinski definition) is 2. The molecule has 1 aromatic rings. The van der Waals surface area contributed by atoms with E-state index >= 15 is 0 Å². The standard InChI is InChI=1S/C14H26ClN3O/c1-10(2)9-16-7-6-14(4,19)8-12-11(3)17-18(5)13(12)15/h10,16,19H,6-9H2,1-5H3. The maximum Gasteiger partial charge on any atom is 0.130 e. The zero-order valence-electron chi connectivity index (χ0n) is 12.6. The average molecular weight is 288 g/mol. The maximum absolute atomic E-state index is 10.5. The van der Waals surface area contributed by atoms with Crippen molar-refractivity contribution in [2.24, 2.45) is 13.0 Å². The second kappa shape index (κ2) is 6.73. The first-order valence-corrected chi connectivity index (χ1v) is 7.22. The summed E-state index contributed by atoms with van der Waals surface area (Å²) in [6, 6.07) is 0. The van der Waals surface area contributed by atoms with Gasteiger partial charge in [-0.15, -0.1) is 0 Å². The number of aliphatic hydroxyl groups is 1. The van der Waals surface area contributed by atoms with E-state index in [9.17, 15) is 5.11 Å². The van der Waals surface area contributed by atoms with E-state index in [2.05, 4.69) is 24.3 Å². The van der Waals surface area contributed by atoms with Crippen LogP contribution in [0.2, 0.25) is 5.15 Å². The summed E-state index contributed by atoms with van der Waals surface area (Å²) in [6.07, 6.45) is 1.24. The first kappa shape index (κ1) is 16.5. The molecular weight excluding hydrogens is 262 g/mol. The molecule has 0 aliphatic rings. The Morgan fingerprint density at radius 1 is 1.47 bits per heavy atom. The molecule has 0 fully saturated rings. The molecule has 0 aliphatic carbocycles. The predicted octanol–water partition coefficient (Wildman–Crippen LogP) is 2.31. The fourth-order valence-electron chi connectivity index (χ4n) is 2.09. The van der Waals surface area contributed by atoms with Crippen LogP contribution in [0, 0.1) is 12.8 Å². The minimum atomic E-state index is -0.762. The highest BCUT2D eigenvalue weighted by atomic mass is 35.5. The Kier molecular flexibility index (Phi) is 5.83. The number of rotatable bonds is 7. The summed E-state index contributed by atoms with van der Waals surface area (Å²) in [5.74, 6) is 0.625. The predicted molar refractivity (Wildman–Crippen MR) is 79.6 cm³/mol. The van der Waals surface area contributed by atoms with Gasteiger partial charge >= 0.3 is 0 Å². The molecule has 0 saturated carbocycles. The van der Waals surface area contributed by atoms with Gasteiger partial charge in [-0.1, -0.05) is 25.4 Å². The topological polar surface area (TPSA) is 50.1 Å². The quantitative estimate of drug-likeness (QED) is 0.757. The molecule has 0 spiro atoms. The van der Waals surface area contributed by atoms with Crippen LogP contribution in [-0.2, 0) is 13.5 Å². The molecule has 1 aromatic heterocycles. The molecule has 0 radical (unpaired) electrons. The van der Waals surface area contributed by atoms with Crippen molar-refractivity contribution in [3.63, 3.8) is 0 Å². The van der Waals surface area contributed by atoms with Gasteiger partial charge in [-0.3, -0.25) is 4.68 Å². The number of nitrogens with zero attached hydrogens (tertiary/aromatic N) is 2. The lowest BCUT2D eigenvalue weighted by molar-refractivity contribution is 0.0512. The lowest BCUT2D eigenvalue weighted by Gasteiger charge is -2.23. The van der Waals surface area contributed by atoms with Crippen LogP contribution in [0.1, 0.15) is 38.4 Å². The molecule has 1 heterocycles. The van der Waals surface area contributed by atoms with E-state index in [0.717, 1.165) is 24.3 Å². The highest BCUT2D eigenvalue weighted by molar-refractivity contribution is 6.30. The Hall–Kier alpha value is -0.580. The Labute approximate surface area is 121 Å². The van der Waals surface area contributed by atoms with Gasteiger partial charge in [0.2, 0.25) is 0 Å². The zero-order chi connectivity index (χ0) is 14.6. The van der Waals surface area contributed by atoms with Crippen molar-refractivity contribution < 1.29 is 5.11 Å². The Morgan fingerprint density at radius 2 is 2.11 bits per heavy atom. The Bertz CT molecular complexity index is 413. The van der Waals surface area contributed by atoms with Gasteiger partial charge < -0.3 is 10.4 Å². The highest BCUT2D eigenvalue weighted by Crippen LogP contribution is 2.25. The number of aromatic nitrogens is 2. The van der Waals surface area contributed by atoms with Gasteiger partial charge in [0.25, 0.3) is 0 Å². The molecule has 0 aliphatic heterocycles. The molecule has 19 heavy (non-hydrogen) atoms. The highest BCUT2D eigenvalue weighted by Gasteiger charge is 2.24. The smallest absolute Gasteiger partial charge is 0.130 e. The minimum Gasteiger partial charge on any atom is -0.390 e. The molecule has 1 rings (SSSR count). The van der Waals surface area contributed by atoms with E-state index in [0.29, 0.717) is 23.9 Å². The van der Waals surface area contributed by atoms with Gasteiger partial charge in [-0.05, 0) is 39.3 Å². The van der Waals surface area contributed by atoms with Crippen molar-refractivity contribution in [2.45, 2.75) is 46.1 Å². The van der Waals surface area contributed by atoms with Crippen LogP contribution < -0.4 is 5.32 Å². The summed E-state index contributed by atoms with van der Waals surface area (Å²) >= 11 is 6.20. The third-order valence-corrected chi connectivity index (χ3v) is 3.69. The van der Waals surface area contributed by atoms with Gasteiger partial charge in [0.1, 0.15) is 5.15 Å². The number of hydrogen-bond acceptors (Lipinski definition) is 3. The Morgan fingerprint density at radius 3 is 2.58 bits per heavy atom. The van der Waals surface area contributed by atoms with E-state index in [1.54, 1.807) is 4.68 Å². The van der Waals surface area contributed by atoms with Crippen molar-refractivity contribution in [3.05, 3.63) is 16.4 Å². The monoisotopic (exact) mass is 287 g/mol. The molecule has 110 valence electrons. The molecule has 0 bridgehead atoms. The van der Waals surface area contributed by atoms with Crippen molar-refractivity contribution >= 4 is 11.6 Å². The van der Waals surface area contributed by atoms with Gasteiger partial charge in [0.15, 0.2) is 0 Å². The van der Waals surface area contributed by atoms with Crippen LogP contribution in [-0.4, -0.2) is 33.6 Å². The summed E-state index contributed by atoms with van der Waals surface area (Å²) in [6.45, 7) is 9.90. The lowest BCUT2D eigenvalue weighted by Crippen LogP contribution is -2.33. The molecule has 0 amide bonds. The van der Waals surface area contributed by atoms with E-state index < -0.39 is 5.60 Å². The minimum absolute atomic E-state index is 0.537. The van der Waals surface area contributed by atoms with Crippen LogP contribution in [0.25, 0.3) is 0 Å². The molecular formula is C14H26ClN3O. The molecule has 1 atom stereocenters. The summed E-state index contributed by atoms with van der Waals surface area (Å²) < 4.78 is 1.65. The van der Waals surface area contributed by atoms with Crippen molar-refractivity contribution in [3.8, 4) is 0 Å². The molecule has 0 aromatic carbocycles. The van der Waals surface area contributed by atoms with Crippen molar-refractivity contribution in [1.29, 1.82) is 0 Å². The van der Waals surface area contributed by atoms with E-state index in [4.69, 9.17) is 11.6 Å². The number of nitrogens with one attached hydrogen (secondary N) is 1. The molecule has 1 unspecified atom stereocenters. The average Bonchev–Trinajstić information content (AvgIpc) is 2.51. The zero-order valence-corrected chi connectivity index (χ0v) is 13.4. The maximum atomic E-state index is 10.5. The largest absolute Gasteiger partial charge is 0.390 e. The summed E-state index contributed by atoms with van der Waals surface area (Å²) in [5.41, 5.74) is 1.07. The van der Waals surface area contributed by atoms with Crippen molar-refractivity contribution in [2.75, 3.05) is 13.1 Å². The SMILES string of the molecule is Cc1nn(C)c(Cl)c1CC(C)(O)CCNCC(C)C. The summed E-state index contributed by atoms with van der Waals surface area (Å²) in [4.78, 5) is 0.